The van der Waals surface area contributed by atoms with Gasteiger partial charge < -0.3 is 16.0 Å². The Balaban J connectivity index is 0.00000147. The van der Waals surface area contributed by atoms with E-state index in [0.717, 1.165) is 27.5 Å². The van der Waals surface area contributed by atoms with E-state index in [-0.39, 0.29) is 31.8 Å². The zero-order valence-corrected chi connectivity index (χ0v) is 13.9. The fourth-order valence-electron chi connectivity index (χ4n) is 2.48. The molecule has 0 fully saturated rings. The summed E-state index contributed by atoms with van der Waals surface area (Å²) in [6, 6.07) is 6.87. The maximum atomic E-state index is 9.64. The van der Waals surface area contributed by atoms with Crippen molar-refractivity contribution in [2.45, 2.75) is 13.8 Å². The second kappa shape index (κ2) is 4.95. The maximum absolute atomic E-state index is 9.64. The van der Waals surface area contributed by atoms with E-state index in [2.05, 4.69) is 5.16 Å². The average Bonchev–Trinajstić information content (AvgIpc) is 2.64. The molecular weight excluding hydrogens is 422 g/mol. The second-order valence-electron chi connectivity index (χ2n) is 4.82. The largest absolute Gasteiger partial charge is 2.00 e. The smallest absolute Gasteiger partial charge is 0.805 e. The van der Waals surface area contributed by atoms with Crippen molar-refractivity contribution in [3.05, 3.63) is 62.3 Å². The van der Waals surface area contributed by atoms with Crippen molar-refractivity contribution >= 4 is 10.8 Å². The predicted molar refractivity (Wildman–Crippen MR) is 72.8 cm³/mol. The van der Waals surface area contributed by atoms with Gasteiger partial charge in [-0.05, 0) is 42.0 Å². The van der Waals surface area contributed by atoms with Gasteiger partial charge in [0.15, 0.2) is 0 Å². The van der Waals surface area contributed by atoms with Gasteiger partial charge in [-0.3, -0.25) is 0 Å². The molecule has 2 aliphatic rings. The monoisotopic (exact) mass is 433 g/mol. The van der Waals surface area contributed by atoms with E-state index in [1.807, 2.05) is 26.0 Å². The molecule has 1 N–H and O–H groups in total. The van der Waals surface area contributed by atoms with Gasteiger partial charge in [0.25, 0.3) is 0 Å². The van der Waals surface area contributed by atoms with Gasteiger partial charge in [0, 0.05) is 10.9 Å². The first kappa shape index (κ1) is 14.6. The average molecular weight is 433 g/mol. The van der Waals surface area contributed by atoms with Crippen molar-refractivity contribution in [1.82, 2.24) is 0 Å². The van der Waals surface area contributed by atoms with Crippen molar-refractivity contribution < 1.29 is 26.3 Å². The molecule has 0 bridgehead atoms. The van der Waals surface area contributed by atoms with Crippen molar-refractivity contribution in [2.75, 3.05) is 0 Å². The van der Waals surface area contributed by atoms with Gasteiger partial charge in [-0.1, -0.05) is 23.4 Å². The van der Waals surface area contributed by atoms with Crippen LogP contribution in [0.25, 0.3) is 32.7 Å². The van der Waals surface area contributed by atoms with E-state index in [1.165, 1.54) is 12.1 Å². The molecule has 0 atom stereocenters. The standard InChI is InChI=1S/C15H11N3O.W/c1-7-3-9-10-5-13(16)14(17)6-12(10)15(18-19)11(9)4-8(7)2;/h3-6,19H,1-2H3;/q-2;+2/b18-15-;. The van der Waals surface area contributed by atoms with Gasteiger partial charge in [0.2, 0.25) is 0 Å². The Kier molecular flexibility index (Phi) is 3.61. The number of nitrogens with zero attached hydrogens (tertiary/aromatic N) is 3. The molecule has 98 valence electrons. The van der Waals surface area contributed by atoms with Crippen molar-refractivity contribution in [1.29, 1.82) is 0 Å². The summed E-state index contributed by atoms with van der Waals surface area (Å²) in [5.74, 6) is 0. The van der Waals surface area contributed by atoms with Crippen LogP contribution in [0, 0.1) is 13.8 Å². The van der Waals surface area contributed by atoms with E-state index in [4.69, 9.17) is 0 Å². The molecule has 2 aliphatic carbocycles. The summed E-state index contributed by atoms with van der Waals surface area (Å²) in [4.78, 5) is 0. The fourth-order valence-corrected chi connectivity index (χ4v) is 2.48. The predicted octanol–water partition coefficient (Wildman–Crippen LogP) is 1.66. The Morgan fingerprint density at radius 3 is 1.90 bits per heavy atom. The van der Waals surface area contributed by atoms with Crippen LogP contribution in [-0.2, 0) is 21.1 Å². The Bertz CT molecular complexity index is 936. The van der Waals surface area contributed by atoms with Crippen LogP contribution in [0.4, 0.5) is 0 Å². The van der Waals surface area contributed by atoms with E-state index in [1.54, 1.807) is 0 Å². The second-order valence-corrected chi connectivity index (χ2v) is 4.82. The first-order valence-electron chi connectivity index (χ1n) is 5.93. The van der Waals surface area contributed by atoms with E-state index in [9.17, 15) is 16.0 Å². The minimum absolute atomic E-state index is 0. The van der Waals surface area contributed by atoms with Gasteiger partial charge >= 0.3 is 21.1 Å². The molecule has 5 heteroatoms. The molecule has 0 heterocycles. The Labute approximate surface area is 129 Å². The fraction of sp³-hybridized carbons (Fsp3) is 0.133. The van der Waals surface area contributed by atoms with E-state index in [0.29, 0.717) is 10.9 Å². The quantitative estimate of drug-likeness (QED) is 0.425. The van der Waals surface area contributed by atoms with Crippen LogP contribution in [0.15, 0.2) is 29.4 Å². The topological polar surface area (TPSA) is 77.2 Å². The van der Waals surface area contributed by atoms with Gasteiger partial charge in [0.1, 0.15) is 5.36 Å². The van der Waals surface area contributed by atoms with Crippen molar-refractivity contribution in [3.63, 3.8) is 0 Å². The van der Waals surface area contributed by atoms with Crippen LogP contribution in [0.1, 0.15) is 11.1 Å². The van der Waals surface area contributed by atoms with Crippen LogP contribution in [-0.4, -0.2) is 5.21 Å². The molecule has 4 nitrogen and oxygen atoms in total. The van der Waals surface area contributed by atoms with E-state index < -0.39 is 0 Å². The van der Waals surface area contributed by atoms with Crippen molar-refractivity contribution in [3.8, 4) is 11.1 Å². The molecule has 0 saturated heterocycles. The molecule has 0 unspecified atom stereocenters. The van der Waals surface area contributed by atoms with Crippen LogP contribution < -0.4 is 16.1 Å². The normalized spacial score (nSPS) is 12.0. The summed E-state index contributed by atoms with van der Waals surface area (Å²) in [7, 11) is 0. The maximum Gasteiger partial charge on any atom is 2.00 e. The number of hydrogen-bond acceptors (Lipinski definition) is 2. The van der Waals surface area contributed by atoms with Gasteiger partial charge in [-0.2, -0.15) is 10.7 Å². The molecular formula is C15H11N3OW. The van der Waals surface area contributed by atoms with Crippen LogP contribution in [0.2, 0.25) is 0 Å². The summed E-state index contributed by atoms with van der Waals surface area (Å²) in [6.07, 6.45) is 0. The summed E-state index contributed by atoms with van der Waals surface area (Å²) >= 11 is 0. The summed E-state index contributed by atoms with van der Waals surface area (Å²) in [5.41, 5.74) is 3.61. The van der Waals surface area contributed by atoms with Crippen LogP contribution >= 0.6 is 0 Å². The zero-order chi connectivity index (χ0) is 13.7. The van der Waals surface area contributed by atoms with Crippen LogP contribution in [0.3, 0.4) is 0 Å². The number of fused-ring (bicyclic) bond motifs is 3. The molecule has 0 saturated carbocycles. The number of aryl methyl sites for hydroxylation is 2. The molecule has 1 aromatic rings. The Hall–Kier alpha value is -1.80. The van der Waals surface area contributed by atoms with Crippen molar-refractivity contribution in [2.24, 2.45) is 5.16 Å². The first-order chi connectivity index (χ1) is 9.02. The molecule has 1 aromatic carbocycles. The zero-order valence-electron chi connectivity index (χ0n) is 11.0. The molecule has 0 spiro atoms. The molecule has 0 aliphatic heterocycles. The number of rotatable bonds is 0. The molecule has 0 aromatic heterocycles. The molecule has 20 heavy (non-hydrogen) atoms. The number of hydrogen-bond donors (Lipinski definition) is 1. The summed E-state index contributed by atoms with van der Waals surface area (Å²) in [6.45, 7) is 3.99. The number of benzene rings is 2. The first-order valence-corrected chi connectivity index (χ1v) is 5.93. The summed E-state index contributed by atoms with van der Waals surface area (Å²) in [5, 5.41) is 33.5. The molecule has 0 radical (unpaired) electrons. The van der Waals surface area contributed by atoms with Gasteiger partial charge in [0.05, 0.1) is 0 Å². The van der Waals surface area contributed by atoms with Crippen LogP contribution in [0.5, 0.6) is 0 Å². The third-order valence-corrected chi connectivity index (χ3v) is 3.65. The third-order valence-electron chi connectivity index (χ3n) is 3.65. The van der Waals surface area contributed by atoms with Gasteiger partial charge in [-0.25, -0.2) is 0 Å². The Morgan fingerprint density at radius 1 is 0.850 bits per heavy atom. The SMILES string of the molecule is Cc1cc2c3cc(=[N-])c(=[N-])cc-3/c(=N\O)c2cc1C.[W+2]. The summed E-state index contributed by atoms with van der Waals surface area (Å²) < 4.78 is 0. The minimum Gasteiger partial charge on any atom is -0.805 e. The molecule has 3 rings (SSSR count). The third kappa shape index (κ3) is 1.92. The van der Waals surface area contributed by atoms with Gasteiger partial charge in [-0.15, -0.1) is 0 Å². The minimum atomic E-state index is -0.221. The molecule has 0 amide bonds. The Morgan fingerprint density at radius 2 is 1.35 bits per heavy atom. The van der Waals surface area contributed by atoms with E-state index >= 15 is 0 Å².